The van der Waals surface area contributed by atoms with E-state index < -0.39 is 12.1 Å². The SMILES string of the molecule is COCCCC(N)C(=O)N1CCCCC1C(=O)OC. The van der Waals surface area contributed by atoms with Crippen LogP contribution in [0.5, 0.6) is 0 Å². The minimum absolute atomic E-state index is 0.161. The lowest BCUT2D eigenvalue weighted by atomic mass is 10.00. The van der Waals surface area contributed by atoms with E-state index in [1.165, 1.54) is 7.11 Å². The molecular weight excluding hydrogens is 248 g/mol. The Morgan fingerprint density at radius 2 is 2.11 bits per heavy atom. The number of ether oxygens (including phenoxy) is 2. The van der Waals surface area contributed by atoms with Crippen LogP contribution in [0.3, 0.4) is 0 Å². The number of rotatable bonds is 6. The molecule has 0 aromatic rings. The summed E-state index contributed by atoms with van der Waals surface area (Å²) in [6.07, 6.45) is 3.80. The van der Waals surface area contributed by atoms with Crippen LogP contribution in [-0.2, 0) is 19.1 Å². The van der Waals surface area contributed by atoms with Crippen LogP contribution in [0.15, 0.2) is 0 Å². The summed E-state index contributed by atoms with van der Waals surface area (Å²) in [5, 5.41) is 0. The fraction of sp³-hybridized carbons (Fsp3) is 0.846. The number of carbonyl (C=O) groups excluding carboxylic acids is 2. The second-order valence-corrected chi connectivity index (χ2v) is 4.81. The summed E-state index contributed by atoms with van der Waals surface area (Å²) in [4.78, 5) is 25.5. The Balaban J connectivity index is 2.58. The molecule has 2 N–H and O–H groups in total. The van der Waals surface area contributed by atoms with Gasteiger partial charge in [-0.25, -0.2) is 4.79 Å². The predicted octanol–water partition coefficient (Wildman–Crippen LogP) is 0.294. The van der Waals surface area contributed by atoms with Crippen molar-refractivity contribution >= 4 is 11.9 Å². The number of nitrogens with two attached hydrogens (primary N) is 1. The summed E-state index contributed by atoms with van der Waals surface area (Å²) in [5.74, 6) is -0.511. The van der Waals surface area contributed by atoms with Crippen molar-refractivity contribution in [3.05, 3.63) is 0 Å². The van der Waals surface area contributed by atoms with Gasteiger partial charge in [-0.05, 0) is 32.1 Å². The van der Waals surface area contributed by atoms with Gasteiger partial charge in [-0.15, -0.1) is 0 Å². The molecule has 1 heterocycles. The van der Waals surface area contributed by atoms with Crippen LogP contribution in [0.25, 0.3) is 0 Å². The zero-order chi connectivity index (χ0) is 14.3. The number of hydrogen-bond donors (Lipinski definition) is 1. The van der Waals surface area contributed by atoms with E-state index in [1.54, 1.807) is 12.0 Å². The number of hydrogen-bond acceptors (Lipinski definition) is 5. The number of nitrogens with zero attached hydrogens (tertiary/aromatic N) is 1. The molecule has 1 aliphatic heterocycles. The van der Waals surface area contributed by atoms with Crippen LogP contribution in [0.2, 0.25) is 0 Å². The van der Waals surface area contributed by atoms with E-state index in [-0.39, 0.29) is 11.9 Å². The Morgan fingerprint density at radius 1 is 1.37 bits per heavy atom. The Labute approximate surface area is 114 Å². The van der Waals surface area contributed by atoms with Crippen molar-refractivity contribution in [1.82, 2.24) is 4.90 Å². The highest BCUT2D eigenvalue weighted by Gasteiger charge is 2.34. The predicted molar refractivity (Wildman–Crippen MR) is 70.5 cm³/mol. The molecule has 6 nitrogen and oxygen atoms in total. The Bertz CT molecular complexity index is 309. The maximum absolute atomic E-state index is 12.3. The zero-order valence-electron chi connectivity index (χ0n) is 11.8. The van der Waals surface area contributed by atoms with Gasteiger partial charge in [-0.2, -0.15) is 0 Å². The third-order valence-corrected chi connectivity index (χ3v) is 3.44. The van der Waals surface area contributed by atoms with Gasteiger partial charge in [0.05, 0.1) is 13.2 Å². The molecular formula is C13H24N2O4. The molecule has 1 amide bonds. The van der Waals surface area contributed by atoms with Gasteiger partial charge < -0.3 is 20.1 Å². The van der Waals surface area contributed by atoms with Crippen molar-refractivity contribution in [3.63, 3.8) is 0 Å². The number of esters is 1. The van der Waals surface area contributed by atoms with Gasteiger partial charge in [-0.3, -0.25) is 4.79 Å². The molecule has 1 rings (SSSR count). The van der Waals surface area contributed by atoms with Crippen molar-refractivity contribution in [3.8, 4) is 0 Å². The molecule has 2 unspecified atom stereocenters. The Morgan fingerprint density at radius 3 is 2.74 bits per heavy atom. The van der Waals surface area contributed by atoms with Crippen molar-refractivity contribution in [2.45, 2.75) is 44.2 Å². The van der Waals surface area contributed by atoms with Crippen LogP contribution in [-0.4, -0.2) is 56.2 Å². The second kappa shape index (κ2) is 8.12. The molecule has 0 aliphatic carbocycles. The lowest BCUT2D eigenvalue weighted by Gasteiger charge is -2.35. The summed E-state index contributed by atoms with van der Waals surface area (Å²) >= 11 is 0. The van der Waals surface area contributed by atoms with Crippen molar-refractivity contribution in [2.24, 2.45) is 5.73 Å². The summed E-state index contributed by atoms with van der Waals surface area (Å²) in [5.41, 5.74) is 5.89. The minimum atomic E-state index is -0.569. The molecule has 0 aromatic carbocycles. The maximum Gasteiger partial charge on any atom is 0.328 e. The molecule has 1 fully saturated rings. The molecule has 0 radical (unpaired) electrons. The van der Waals surface area contributed by atoms with Crippen molar-refractivity contribution < 1.29 is 19.1 Å². The highest BCUT2D eigenvalue weighted by molar-refractivity contribution is 5.87. The molecule has 6 heteroatoms. The average Bonchev–Trinajstić information content (AvgIpc) is 2.45. The van der Waals surface area contributed by atoms with Crippen LogP contribution in [0.1, 0.15) is 32.1 Å². The Kier molecular flexibility index (Phi) is 6.80. The molecule has 0 spiro atoms. The van der Waals surface area contributed by atoms with Crippen molar-refractivity contribution in [2.75, 3.05) is 27.4 Å². The number of amides is 1. The largest absolute Gasteiger partial charge is 0.467 e. The summed E-state index contributed by atoms with van der Waals surface area (Å²) < 4.78 is 9.69. The van der Waals surface area contributed by atoms with Gasteiger partial charge in [0, 0.05) is 20.3 Å². The minimum Gasteiger partial charge on any atom is -0.467 e. The molecule has 1 saturated heterocycles. The van der Waals surface area contributed by atoms with Gasteiger partial charge >= 0.3 is 5.97 Å². The molecule has 0 bridgehead atoms. The number of likely N-dealkylation sites (tertiary alicyclic amines) is 1. The maximum atomic E-state index is 12.3. The summed E-state index contributed by atoms with van der Waals surface area (Å²) in [6, 6.07) is -1.04. The van der Waals surface area contributed by atoms with Gasteiger partial charge in [0.2, 0.25) is 5.91 Å². The fourth-order valence-corrected chi connectivity index (χ4v) is 2.36. The lowest BCUT2D eigenvalue weighted by molar-refractivity contribution is -0.155. The lowest BCUT2D eigenvalue weighted by Crippen LogP contribution is -2.53. The van der Waals surface area contributed by atoms with Crippen LogP contribution >= 0.6 is 0 Å². The molecule has 0 aromatic heterocycles. The van der Waals surface area contributed by atoms with Gasteiger partial charge in [0.15, 0.2) is 0 Å². The van der Waals surface area contributed by atoms with E-state index in [9.17, 15) is 9.59 Å². The first kappa shape index (κ1) is 15.9. The molecule has 1 aliphatic rings. The first-order valence-corrected chi connectivity index (χ1v) is 6.74. The van der Waals surface area contributed by atoms with E-state index >= 15 is 0 Å². The monoisotopic (exact) mass is 272 g/mol. The Hall–Kier alpha value is -1.14. The zero-order valence-corrected chi connectivity index (χ0v) is 11.8. The highest BCUT2D eigenvalue weighted by atomic mass is 16.5. The van der Waals surface area contributed by atoms with Gasteiger partial charge in [0.1, 0.15) is 6.04 Å². The third kappa shape index (κ3) is 4.47. The number of carbonyl (C=O) groups is 2. The van der Waals surface area contributed by atoms with Crippen LogP contribution in [0.4, 0.5) is 0 Å². The normalized spacial score (nSPS) is 21.0. The summed E-state index contributed by atoms with van der Waals surface area (Å²) in [7, 11) is 2.96. The molecule has 2 atom stereocenters. The second-order valence-electron chi connectivity index (χ2n) is 4.81. The summed E-state index contributed by atoms with van der Waals surface area (Å²) in [6.45, 7) is 1.16. The quantitative estimate of drug-likeness (QED) is 0.555. The number of methoxy groups -OCH3 is 2. The van der Waals surface area contributed by atoms with E-state index in [0.717, 1.165) is 19.3 Å². The first-order chi connectivity index (χ1) is 9.11. The van der Waals surface area contributed by atoms with E-state index in [1.807, 2.05) is 0 Å². The highest BCUT2D eigenvalue weighted by Crippen LogP contribution is 2.19. The van der Waals surface area contributed by atoms with E-state index in [4.69, 9.17) is 15.2 Å². The van der Waals surface area contributed by atoms with Crippen LogP contribution < -0.4 is 5.73 Å². The fourth-order valence-electron chi connectivity index (χ4n) is 2.36. The molecule has 0 saturated carbocycles. The number of piperidine rings is 1. The smallest absolute Gasteiger partial charge is 0.328 e. The standard InChI is InChI=1S/C13H24N2O4/c1-18-9-5-6-10(14)12(16)15-8-4-3-7-11(15)13(17)19-2/h10-11H,3-9,14H2,1-2H3. The van der Waals surface area contributed by atoms with Crippen LogP contribution in [0, 0.1) is 0 Å². The molecule has 19 heavy (non-hydrogen) atoms. The average molecular weight is 272 g/mol. The van der Waals surface area contributed by atoms with E-state index in [0.29, 0.717) is 26.0 Å². The van der Waals surface area contributed by atoms with E-state index in [2.05, 4.69) is 0 Å². The van der Waals surface area contributed by atoms with Gasteiger partial charge in [0.25, 0.3) is 0 Å². The third-order valence-electron chi connectivity index (χ3n) is 3.44. The first-order valence-electron chi connectivity index (χ1n) is 6.74. The van der Waals surface area contributed by atoms with Gasteiger partial charge in [-0.1, -0.05) is 0 Å². The van der Waals surface area contributed by atoms with Crippen molar-refractivity contribution in [1.29, 1.82) is 0 Å². The molecule has 110 valence electrons. The topological polar surface area (TPSA) is 81.9 Å².